The van der Waals surface area contributed by atoms with E-state index >= 15 is 0 Å². The Hall–Kier alpha value is -2.19. The Bertz CT molecular complexity index is 655. The van der Waals surface area contributed by atoms with Crippen molar-refractivity contribution < 1.29 is 14.2 Å². The van der Waals surface area contributed by atoms with Crippen LogP contribution in [0.4, 0.5) is 5.95 Å². The number of hydrogen-bond acceptors (Lipinski definition) is 7. The molecule has 0 amide bonds. The molecule has 3 rings (SSSR count). The van der Waals surface area contributed by atoms with Crippen molar-refractivity contribution in [3.63, 3.8) is 0 Å². The van der Waals surface area contributed by atoms with Gasteiger partial charge in [-0.05, 0) is 36.4 Å². The summed E-state index contributed by atoms with van der Waals surface area (Å²) in [7, 11) is 1.95. The quantitative estimate of drug-likeness (QED) is 0.747. The summed E-state index contributed by atoms with van der Waals surface area (Å²) in [5.41, 5.74) is 1.21. The normalized spacial score (nSPS) is 18.8. The van der Waals surface area contributed by atoms with Crippen LogP contribution in [0.5, 0.6) is 5.75 Å². The first-order chi connectivity index (χ1) is 12.1. The molecule has 1 aromatic heterocycles. The second-order valence-corrected chi connectivity index (χ2v) is 6.35. The number of hydrogen-bond donors (Lipinski definition) is 0. The summed E-state index contributed by atoms with van der Waals surface area (Å²) in [5.74, 6) is 1.53. The van der Waals surface area contributed by atoms with Crippen molar-refractivity contribution in [1.29, 1.82) is 0 Å². The van der Waals surface area contributed by atoms with Crippen molar-refractivity contribution in [3.05, 3.63) is 29.8 Å². The number of nitrogens with zero attached hydrogens (tertiary/aromatic N) is 5. The van der Waals surface area contributed by atoms with E-state index in [0.29, 0.717) is 38.9 Å². The number of rotatable bonds is 7. The number of anilines is 1. The van der Waals surface area contributed by atoms with Gasteiger partial charge < -0.3 is 19.1 Å². The van der Waals surface area contributed by atoms with Gasteiger partial charge in [0.2, 0.25) is 5.95 Å². The van der Waals surface area contributed by atoms with Crippen LogP contribution in [0, 0.1) is 6.92 Å². The third-order valence-electron chi connectivity index (χ3n) is 4.01. The minimum Gasteiger partial charge on any atom is -0.489 e. The lowest BCUT2D eigenvalue weighted by atomic mass is 10.2. The minimum atomic E-state index is -0.0624. The Kier molecular flexibility index (Phi) is 5.83. The maximum Gasteiger partial charge on any atom is 0.245 e. The molecule has 136 valence electrons. The maximum absolute atomic E-state index is 5.95. The molecule has 2 atom stereocenters. The Morgan fingerprint density at radius 1 is 1.32 bits per heavy atom. The predicted octanol–water partition coefficient (Wildman–Crippen LogP) is 1.30. The molecule has 1 aliphatic heterocycles. The summed E-state index contributed by atoms with van der Waals surface area (Å²) in [6, 6.07) is 8.01. The van der Waals surface area contributed by atoms with Crippen LogP contribution in [0.1, 0.15) is 12.5 Å². The smallest absolute Gasteiger partial charge is 0.245 e. The Balaban J connectivity index is 1.57. The second kappa shape index (κ2) is 8.26. The highest BCUT2D eigenvalue weighted by molar-refractivity contribution is 5.27. The van der Waals surface area contributed by atoms with Crippen LogP contribution in [0.2, 0.25) is 0 Å². The van der Waals surface area contributed by atoms with E-state index in [-0.39, 0.29) is 12.2 Å². The molecule has 0 aliphatic carbocycles. The van der Waals surface area contributed by atoms with E-state index in [1.165, 1.54) is 5.56 Å². The zero-order valence-electron chi connectivity index (χ0n) is 15.0. The Morgan fingerprint density at radius 2 is 2.12 bits per heavy atom. The molecule has 25 heavy (non-hydrogen) atoms. The van der Waals surface area contributed by atoms with Gasteiger partial charge in [0, 0.05) is 13.6 Å². The lowest BCUT2D eigenvalue weighted by Crippen LogP contribution is -2.39. The van der Waals surface area contributed by atoms with E-state index in [1.807, 2.05) is 43.1 Å². The largest absolute Gasteiger partial charge is 0.489 e. The van der Waals surface area contributed by atoms with E-state index in [0.717, 1.165) is 5.75 Å². The molecule has 2 aromatic rings. The first-order valence-corrected chi connectivity index (χ1v) is 8.52. The molecule has 1 aromatic carbocycles. The fourth-order valence-electron chi connectivity index (χ4n) is 2.75. The predicted molar refractivity (Wildman–Crippen MR) is 92.9 cm³/mol. The number of aromatic nitrogens is 4. The van der Waals surface area contributed by atoms with Crippen molar-refractivity contribution in [2.24, 2.45) is 0 Å². The lowest BCUT2D eigenvalue weighted by molar-refractivity contribution is -0.0838. The summed E-state index contributed by atoms with van der Waals surface area (Å²) in [5, 5.41) is 12.0. The van der Waals surface area contributed by atoms with Crippen LogP contribution in [0.15, 0.2) is 24.3 Å². The third kappa shape index (κ3) is 4.90. The van der Waals surface area contributed by atoms with Crippen molar-refractivity contribution in [2.45, 2.75) is 32.6 Å². The number of aryl methyl sites for hydroxylation is 1. The van der Waals surface area contributed by atoms with E-state index in [1.54, 1.807) is 4.68 Å². The molecule has 1 saturated heterocycles. The van der Waals surface area contributed by atoms with E-state index in [9.17, 15) is 0 Å². The van der Waals surface area contributed by atoms with Crippen molar-refractivity contribution in [3.8, 4) is 5.75 Å². The molecule has 0 radical (unpaired) electrons. The van der Waals surface area contributed by atoms with Crippen molar-refractivity contribution in [1.82, 2.24) is 20.2 Å². The highest BCUT2D eigenvalue weighted by Crippen LogP contribution is 2.15. The second-order valence-electron chi connectivity index (χ2n) is 6.35. The van der Waals surface area contributed by atoms with Gasteiger partial charge in [-0.25, -0.2) is 4.68 Å². The van der Waals surface area contributed by atoms with Gasteiger partial charge in [-0.15, -0.1) is 0 Å². The molecule has 8 heteroatoms. The molecular weight excluding hydrogens is 322 g/mol. The molecule has 8 nitrogen and oxygen atoms in total. The molecule has 0 bridgehead atoms. The number of tetrazole rings is 1. The number of benzene rings is 1. The van der Waals surface area contributed by atoms with Crippen LogP contribution in [-0.2, 0) is 16.0 Å². The summed E-state index contributed by atoms with van der Waals surface area (Å²) in [4.78, 5) is 1.98. The molecule has 2 unspecified atom stereocenters. The highest BCUT2D eigenvalue weighted by atomic mass is 16.6. The van der Waals surface area contributed by atoms with Gasteiger partial charge >= 0.3 is 0 Å². The fraction of sp³-hybridized carbons (Fsp3) is 0.588. The van der Waals surface area contributed by atoms with Gasteiger partial charge in [0.05, 0.1) is 32.5 Å². The van der Waals surface area contributed by atoms with Crippen LogP contribution in [-0.4, -0.2) is 65.8 Å². The SMILES string of the molecule is Cc1ccc(OC(C)Cn2nnnc2N(C)CC2COCCO2)cc1. The third-order valence-corrected chi connectivity index (χ3v) is 4.01. The number of likely N-dealkylation sites (N-methyl/N-ethyl adjacent to an activating group) is 1. The van der Waals surface area contributed by atoms with E-state index in [2.05, 4.69) is 22.4 Å². The first kappa shape index (κ1) is 17.6. The van der Waals surface area contributed by atoms with Gasteiger partial charge in [0.1, 0.15) is 11.9 Å². The zero-order chi connectivity index (χ0) is 17.6. The summed E-state index contributed by atoms with van der Waals surface area (Å²) < 4.78 is 18.8. The van der Waals surface area contributed by atoms with Crippen LogP contribution in [0.3, 0.4) is 0 Å². The van der Waals surface area contributed by atoms with Gasteiger partial charge in [-0.1, -0.05) is 22.8 Å². The lowest BCUT2D eigenvalue weighted by Gasteiger charge is -2.27. The first-order valence-electron chi connectivity index (χ1n) is 8.52. The van der Waals surface area contributed by atoms with Crippen molar-refractivity contribution >= 4 is 5.95 Å². The van der Waals surface area contributed by atoms with Crippen LogP contribution >= 0.6 is 0 Å². The monoisotopic (exact) mass is 347 g/mol. The molecule has 0 spiro atoms. The minimum absolute atomic E-state index is 0.0325. The topological polar surface area (TPSA) is 74.5 Å². The van der Waals surface area contributed by atoms with Gasteiger partial charge in [-0.3, -0.25) is 0 Å². The Morgan fingerprint density at radius 3 is 2.84 bits per heavy atom. The molecular formula is C17H25N5O3. The molecule has 1 fully saturated rings. The number of ether oxygens (including phenoxy) is 3. The maximum atomic E-state index is 5.95. The Labute approximate surface area is 147 Å². The molecule has 0 saturated carbocycles. The van der Waals surface area contributed by atoms with E-state index in [4.69, 9.17) is 14.2 Å². The average molecular weight is 347 g/mol. The van der Waals surface area contributed by atoms with Gasteiger partial charge in [0.25, 0.3) is 0 Å². The fourth-order valence-corrected chi connectivity index (χ4v) is 2.75. The summed E-state index contributed by atoms with van der Waals surface area (Å²) in [6.07, 6.45) is -0.0299. The molecule has 2 heterocycles. The summed E-state index contributed by atoms with van der Waals surface area (Å²) in [6.45, 7) is 7.17. The average Bonchev–Trinajstić information content (AvgIpc) is 3.06. The van der Waals surface area contributed by atoms with Crippen LogP contribution < -0.4 is 9.64 Å². The van der Waals surface area contributed by atoms with Crippen molar-refractivity contribution in [2.75, 3.05) is 38.3 Å². The zero-order valence-corrected chi connectivity index (χ0v) is 15.0. The standard InChI is InChI=1S/C17H25N5O3/c1-13-4-6-15(7-5-13)25-14(2)10-22-17(18-19-20-22)21(3)11-16-12-23-8-9-24-16/h4-7,14,16H,8-12H2,1-3H3. The summed E-state index contributed by atoms with van der Waals surface area (Å²) >= 11 is 0. The van der Waals surface area contributed by atoms with E-state index < -0.39 is 0 Å². The van der Waals surface area contributed by atoms with Gasteiger partial charge in [0.15, 0.2) is 0 Å². The molecule has 0 N–H and O–H groups in total. The van der Waals surface area contributed by atoms with Gasteiger partial charge in [-0.2, -0.15) is 0 Å². The highest BCUT2D eigenvalue weighted by Gasteiger charge is 2.20. The van der Waals surface area contributed by atoms with Crippen LogP contribution in [0.25, 0.3) is 0 Å². The molecule has 1 aliphatic rings.